The van der Waals surface area contributed by atoms with Gasteiger partial charge in [0.2, 0.25) is 0 Å². The first-order valence-corrected chi connectivity index (χ1v) is 7.96. The van der Waals surface area contributed by atoms with Crippen molar-refractivity contribution in [2.24, 2.45) is 0 Å². The van der Waals surface area contributed by atoms with Crippen LogP contribution in [-0.2, 0) is 13.0 Å². The van der Waals surface area contributed by atoms with E-state index in [2.05, 4.69) is 28.9 Å². The fraction of sp³-hybridized carbons (Fsp3) is 0.222. The van der Waals surface area contributed by atoms with Crippen molar-refractivity contribution in [2.45, 2.75) is 20.0 Å². The molecule has 0 aliphatic carbocycles. The summed E-state index contributed by atoms with van der Waals surface area (Å²) in [6.07, 6.45) is 2.61. The quantitative estimate of drug-likeness (QED) is 0.614. The third kappa shape index (κ3) is 2.97. The van der Waals surface area contributed by atoms with Crippen molar-refractivity contribution >= 4 is 26.9 Å². The van der Waals surface area contributed by atoms with Crippen LogP contribution in [0.25, 0.3) is 11.0 Å². The van der Waals surface area contributed by atoms with Gasteiger partial charge in [-0.3, -0.25) is 0 Å². The highest BCUT2D eigenvalue weighted by molar-refractivity contribution is 9.10. The minimum absolute atomic E-state index is 0.500. The van der Waals surface area contributed by atoms with Crippen LogP contribution in [0.1, 0.15) is 18.1 Å². The van der Waals surface area contributed by atoms with Crippen LogP contribution >= 0.6 is 15.9 Å². The summed E-state index contributed by atoms with van der Waals surface area (Å²) in [4.78, 5) is 0. The Morgan fingerprint density at radius 1 is 1.14 bits per heavy atom. The second-order valence-corrected chi connectivity index (χ2v) is 5.89. The van der Waals surface area contributed by atoms with E-state index in [9.17, 15) is 0 Å². The molecule has 0 fully saturated rings. The van der Waals surface area contributed by atoms with Crippen molar-refractivity contribution in [1.82, 2.24) is 0 Å². The van der Waals surface area contributed by atoms with Crippen LogP contribution in [0, 0.1) is 0 Å². The second kappa shape index (κ2) is 6.44. The molecule has 0 amide bonds. The van der Waals surface area contributed by atoms with E-state index in [0.29, 0.717) is 6.61 Å². The Hall–Kier alpha value is -1.94. The maximum atomic E-state index is 6.01. The van der Waals surface area contributed by atoms with Crippen molar-refractivity contribution in [3.63, 3.8) is 0 Å². The molecule has 0 aliphatic heterocycles. The Kier molecular flexibility index (Phi) is 4.39. The van der Waals surface area contributed by atoms with Crippen LogP contribution in [0.5, 0.6) is 11.5 Å². The third-order valence-electron chi connectivity index (χ3n) is 3.62. The Balaban J connectivity index is 1.84. The summed E-state index contributed by atoms with van der Waals surface area (Å²) in [5.41, 5.74) is 3.12. The van der Waals surface area contributed by atoms with E-state index < -0.39 is 0 Å². The summed E-state index contributed by atoms with van der Waals surface area (Å²) in [5, 5.41) is 1.06. The van der Waals surface area contributed by atoms with Crippen molar-refractivity contribution in [2.75, 3.05) is 7.11 Å². The van der Waals surface area contributed by atoms with Gasteiger partial charge in [-0.1, -0.05) is 13.0 Å². The average molecular weight is 361 g/mol. The highest BCUT2D eigenvalue weighted by Gasteiger charge is 2.08. The zero-order valence-corrected chi connectivity index (χ0v) is 14.1. The molecule has 2 aromatic carbocycles. The van der Waals surface area contributed by atoms with Crippen molar-refractivity contribution in [3.8, 4) is 11.5 Å². The van der Waals surface area contributed by atoms with Crippen LogP contribution in [-0.4, -0.2) is 7.11 Å². The first kappa shape index (κ1) is 15.0. The topological polar surface area (TPSA) is 31.6 Å². The lowest BCUT2D eigenvalue weighted by molar-refractivity contribution is 0.300. The number of halogens is 1. The summed E-state index contributed by atoms with van der Waals surface area (Å²) >= 11 is 3.53. The highest BCUT2D eigenvalue weighted by atomic mass is 79.9. The van der Waals surface area contributed by atoms with Gasteiger partial charge in [0.25, 0.3) is 0 Å². The largest absolute Gasteiger partial charge is 0.497 e. The molecular weight excluding hydrogens is 344 g/mol. The lowest BCUT2D eigenvalue weighted by Gasteiger charge is -2.12. The number of furan rings is 1. The third-order valence-corrected chi connectivity index (χ3v) is 4.20. The molecule has 0 unspecified atom stereocenters. The molecule has 0 spiro atoms. The molecule has 4 heteroatoms. The number of fused-ring (bicyclic) bond motifs is 1. The van der Waals surface area contributed by atoms with Gasteiger partial charge in [0.1, 0.15) is 23.7 Å². The Labute approximate surface area is 138 Å². The zero-order chi connectivity index (χ0) is 15.5. The molecule has 1 heterocycles. The van der Waals surface area contributed by atoms with Crippen LogP contribution in [0.15, 0.2) is 51.6 Å². The fourth-order valence-electron chi connectivity index (χ4n) is 2.43. The highest BCUT2D eigenvalue weighted by Crippen LogP contribution is 2.29. The van der Waals surface area contributed by atoms with Crippen molar-refractivity contribution in [3.05, 3.63) is 58.3 Å². The number of rotatable bonds is 5. The number of hydrogen-bond acceptors (Lipinski definition) is 3. The second-order valence-electron chi connectivity index (χ2n) is 5.03. The van der Waals surface area contributed by atoms with Gasteiger partial charge in [-0.05, 0) is 57.7 Å². The summed E-state index contributed by atoms with van der Waals surface area (Å²) in [6.45, 7) is 2.61. The molecule has 3 aromatic rings. The van der Waals surface area contributed by atoms with E-state index in [1.54, 1.807) is 13.4 Å². The number of ether oxygens (including phenoxy) is 2. The van der Waals surface area contributed by atoms with E-state index in [1.165, 1.54) is 5.56 Å². The number of aryl methyl sites for hydroxylation is 1. The smallest absolute Gasteiger partial charge is 0.148 e. The Bertz CT molecular complexity index is 792. The van der Waals surface area contributed by atoms with Gasteiger partial charge in [-0.2, -0.15) is 0 Å². The molecule has 0 N–H and O–H groups in total. The van der Waals surface area contributed by atoms with Gasteiger partial charge < -0.3 is 13.9 Å². The van der Waals surface area contributed by atoms with Gasteiger partial charge in [-0.25, -0.2) is 0 Å². The number of methoxy groups -OCH3 is 1. The number of hydrogen-bond donors (Lipinski definition) is 0. The van der Waals surface area contributed by atoms with Gasteiger partial charge >= 0.3 is 0 Å². The minimum Gasteiger partial charge on any atom is -0.497 e. The van der Waals surface area contributed by atoms with Crippen LogP contribution in [0.3, 0.4) is 0 Å². The standard InChI is InChI=1S/C18H17BrO3/c1-3-13-4-5-15(20-2)10-17(13)22-11-12-8-14-6-7-21-18(14)16(19)9-12/h4-10H,3,11H2,1-2H3. The molecule has 0 radical (unpaired) electrons. The van der Waals surface area contributed by atoms with Crippen LogP contribution in [0.2, 0.25) is 0 Å². The molecule has 0 bridgehead atoms. The predicted molar refractivity (Wildman–Crippen MR) is 90.6 cm³/mol. The van der Waals surface area contributed by atoms with Crippen molar-refractivity contribution in [1.29, 1.82) is 0 Å². The summed E-state index contributed by atoms with van der Waals surface area (Å²) in [5.74, 6) is 1.67. The Morgan fingerprint density at radius 2 is 2.00 bits per heavy atom. The van der Waals surface area contributed by atoms with E-state index in [1.807, 2.05) is 30.3 Å². The van der Waals surface area contributed by atoms with Gasteiger partial charge in [-0.15, -0.1) is 0 Å². The molecule has 0 aliphatic rings. The molecule has 3 nitrogen and oxygen atoms in total. The van der Waals surface area contributed by atoms with E-state index in [0.717, 1.165) is 38.9 Å². The fourth-order valence-corrected chi connectivity index (χ4v) is 3.05. The predicted octanol–water partition coefficient (Wildman–Crippen LogP) is 5.35. The van der Waals surface area contributed by atoms with E-state index >= 15 is 0 Å². The molecule has 0 saturated heterocycles. The number of benzene rings is 2. The normalized spacial score (nSPS) is 10.9. The first-order chi connectivity index (χ1) is 10.7. The maximum Gasteiger partial charge on any atom is 0.148 e. The van der Waals surface area contributed by atoms with Gasteiger partial charge in [0.15, 0.2) is 0 Å². The van der Waals surface area contributed by atoms with Crippen LogP contribution < -0.4 is 9.47 Å². The molecule has 114 valence electrons. The molecule has 3 rings (SSSR count). The van der Waals surface area contributed by atoms with Gasteiger partial charge in [0.05, 0.1) is 17.8 Å². The summed E-state index contributed by atoms with van der Waals surface area (Å²) in [6, 6.07) is 12.0. The zero-order valence-electron chi connectivity index (χ0n) is 12.6. The molecule has 1 aromatic heterocycles. The lowest BCUT2D eigenvalue weighted by atomic mass is 10.1. The van der Waals surface area contributed by atoms with E-state index in [-0.39, 0.29) is 0 Å². The molecule has 22 heavy (non-hydrogen) atoms. The minimum atomic E-state index is 0.500. The maximum absolute atomic E-state index is 6.01. The molecular formula is C18H17BrO3. The Morgan fingerprint density at radius 3 is 2.77 bits per heavy atom. The average Bonchev–Trinajstić information content (AvgIpc) is 3.01. The van der Waals surface area contributed by atoms with Crippen molar-refractivity contribution < 1.29 is 13.9 Å². The summed E-state index contributed by atoms with van der Waals surface area (Å²) in [7, 11) is 1.66. The first-order valence-electron chi connectivity index (χ1n) is 7.16. The monoisotopic (exact) mass is 360 g/mol. The molecule has 0 saturated carbocycles. The van der Waals surface area contributed by atoms with Crippen LogP contribution in [0.4, 0.5) is 0 Å². The summed E-state index contributed by atoms with van der Waals surface area (Å²) < 4.78 is 17.6. The van der Waals surface area contributed by atoms with Gasteiger partial charge in [0, 0.05) is 11.5 Å². The SMILES string of the molecule is CCc1ccc(OC)cc1OCc1cc(Br)c2occc2c1. The lowest BCUT2D eigenvalue weighted by Crippen LogP contribution is -1.99. The molecule has 0 atom stereocenters. The van der Waals surface area contributed by atoms with E-state index in [4.69, 9.17) is 13.9 Å².